The molecule has 5 atom stereocenters. The standard InChI is InChI=1S/C38H40N2O8/c1-45-27-18-16-26(17-19-27)38-31(24-12-6-4-7-13-24)33(35(42)40-21-11-10-20-39-34(41)25-14-8-5-9-15-25)37(44,36(38)43)32-29(47-3)22-28(46-2)23-30(32)48-38/h4-9,12-19,22-23,31,33,36,43-44H,10-11,20-21H2,1-3H3,(H,39,41)(H,40,42)/t31-,33+,36?,37-,38-/m0/s1. The minimum absolute atomic E-state index is 0.159. The maximum atomic E-state index is 14.5. The summed E-state index contributed by atoms with van der Waals surface area (Å²) in [4.78, 5) is 26.9. The van der Waals surface area contributed by atoms with E-state index >= 15 is 0 Å². The topological polar surface area (TPSA) is 136 Å². The molecule has 0 radical (unpaired) electrons. The molecule has 2 aliphatic rings. The Labute approximate surface area is 279 Å². The first-order valence-corrected chi connectivity index (χ1v) is 16.0. The van der Waals surface area contributed by atoms with Gasteiger partial charge in [0.15, 0.2) is 5.60 Å². The second kappa shape index (κ2) is 13.6. The molecule has 4 N–H and O–H groups in total. The van der Waals surface area contributed by atoms with Crippen molar-refractivity contribution in [2.24, 2.45) is 5.92 Å². The summed E-state index contributed by atoms with van der Waals surface area (Å²) < 4.78 is 23.5. The highest BCUT2D eigenvalue weighted by atomic mass is 16.5. The second-order valence-corrected chi connectivity index (χ2v) is 12.0. The number of aliphatic hydroxyl groups is 2. The number of unbranched alkanes of at least 4 members (excludes halogenated alkanes) is 1. The van der Waals surface area contributed by atoms with Gasteiger partial charge in [-0.05, 0) is 48.2 Å². The number of fused-ring (bicyclic) bond motifs is 4. The number of ether oxygens (including phenoxy) is 4. The first-order valence-electron chi connectivity index (χ1n) is 16.0. The Balaban J connectivity index is 1.36. The number of carbonyl (C=O) groups excluding carboxylic acids is 2. The SMILES string of the molecule is COc1ccc([C@@]23Oc4cc(OC)cc(OC)c4[C@@](O)(C2O)[C@@H](C(=O)NCCCCNC(=O)c2ccccc2)[C@@H]3c2ccccc2)cc1. The lowest BCUT2D eigenvalue weighted by atomic mass is 9.75. The summed E-state index contributed by atoms with van der Waals surface area (Å²) in [6.07, 6.45) is -0.405. The number of benzene rings is 4. The summed E-state index contributed by atoms with van der Waals surface area (Å²) >= 11 is 0. The van der Waals surface area contributed by atoms with Crippen LogP contribution >= 0.6 is 0 Å². The molecule has 4 aromatic rings. The molecular formula is C38H40N2O8. The van der Waals surface area contributed by atoms with Crippen LogP contribution in [0.15, 0.2) is 97.1 Å². The number of hydrogen-bond donors (Lipinski definition) is 4. The maximum Gasteiger partial charge on any atom is 0.251 e. The molecule has 1 fully saturated rings. The van der Waals surface area contributed by atoms with E-state index in [1.165, 1.54) is 14.2 Å². The monoisotopic (exact) mass is 652 g/mol. The lowest BCUT2D eigenvalue weighted by Gasteiger charge is -2.45. The molecule has 1 aliphatic heterocycles. The molecular weight excluding hydrogens is 612 g/mol. The maximum absolute atomic E-state index is 14.5. The average Bonchev–Trinajstić information content (AvgIpc) is 3.25. The smallest absolute Gasteiger partial charge is 0.251 e. The van der Waals surface area contributed by atoms with Crippen molar-refractivity contribution in [1.82, 2.24) is 10.6 Å². The van der Waals surface area contributed by atoms with Crippen LogP contribution in [0.4, 0.5) is 0 Å². The third-order valence-electron chi connectivity index (χ3n) is 9.47. The van der Waals surface area contributed by atoms with E-state index in [-0.39, 0.29) is 29.5 Å². The summed E-state index contributed by atoms with van der Waals surface area (Å²) in [6, 6.07) is 28.6. The van der Waals surface area contributed by atoms with Crippen LogP contribution in [0.5, 0.6) is 23.0 Å². The first-order chi connectivity index (χ1) is 23.3. The van der Waals surface area contributed by atoms with Crippen LogP contribution in [0.1, 0.15) is 45.8 Å². The van der Waals surface area contributed by atoms with Crippen LogP contribution in [0.25, 0.3) is 0 Å². The van der Waals surface area contributed by atoms with E-state index in [1.54, 1.807) is 55.6 Å². The molecule has 10 heteroatoms. The minimum atomic E-state index is -2.14. The molecule has 10 nitrogen and oxygen atoms in total. The van der Waals surface area contributed by atoms with E-state index in [2.05, 4.69) is 10.6 Å². The van der Waals surface area contributed by atoms with Crippen LogP contribution in [-0.4, -0.2) is 62.6 Å². The van der Waals surface area contributed by atoms with Crippen LogP contribution in [0.2, 0.25) is 0 Å². The molecule has 1 aliphatic carbocycles. The Kier molecular flexibility index (Phi) is 9.30. The fourth-order valence-corrected chi connectivity index (χ4v) is 7.25. The highest BCUT2D eigenvalue weighted by Crippen LogP contribution is 2.68. The first kappa shape index (κ1) is 32.9. The largest absolute Gasteiger partial charge is 0.497 e. The summed E-state index contributed by atoms with van der Waals surface area (Å²) in [7, 11) is 4.52. The highest BCUT2D eigenvalue weighted by Gasteiger charge is 2.76. The van der Waals surface area contributed by atoms with E-state index in [9.17, 15) is 19.8 Å². The molecule has 0 saturated heterocycles. The molecule has 48 heavy (non-hydrogen) atoms. The zero-order valence-electron chi connectivity index (χ0n) is 27.1. The highest BCUT2D eigenvalue weighted by molar-refractivity contribution is 5.94. The van der Waals surface area contributed by atoms with Gasteiger partial charge in [-0.2, -0.15) is 0 Å². The average molecular weight is 653 g/mol. The van der Waals surface area contributed by atoms with Crippen LogP contribution in [0.3, 0.4) is 0 Å². The Morgan fingerprint density at radius 1 is 0.792 bits per heavy atom. The van der Waals surface area contributed by atoms with Crippen molar-refractivity contribution in [2.75, 3.05) is 34.4 Å². The van der Waals surface area contributed by atoms with Crippen molar-refractivity contribution >= 4 is 11.8 Å². The zero-order chi connectivity index (χ0) is 33.9. The number of methoxy groups -OCH3 is 3. The molecule has 1 heterocycles. The number of nitrogens with one attached hydrogen (secondary N) is 2. The minimum Gasteiger partial charge on any atom is -0.497 e. The zero-order valence-corrected chi connectivity index (χ0v) is 27.1. The molecule has 6 rings (SSSR count). The summed E-state index contributed by atoms with van der Waals surface area (Å²) in [6.45, 7) is 0.719. The number of aliphatic hydroxyl groups excluding tert-OH is 1. The molecule has 0 aromatic heterocycles. The van der Waals surface area contributed by atoms with E-state index in [1.807, 2.05) is 48.5 Å². The van der Waals surface area contributed by atoms with E-state index in [0.29, 0.717) is 47.6 Å². The van der Waals surface area contributed by atoms with Crippen LogP contribution in [-0.2, 0) is 16.0 Å². The van der Waals surface area contributed by atoms with Crippen molar-refractivity contribution in [3.63, 3.8) is 0 Å². The summed E-state index contributed by atoms with van der Waals surface area (Å²) in [5.41, 5.74) is -1.73. The Morgan fingerprint density at radius 2 is 1.42 bits per heavy atom. The van der Waals surface area contributed by atoms with Gasteiger partial charge in [-0.25, -0.2) is 0 Å². The lowest BCUT2D eigenvalue weighted by Crippen LogP contribution is -2.55. The number of hydrogen-bond acceptors (Lipinski definition) is 8. The van der Waals surface area contributed by atoms with Gasteiger partial charge in [-0.1, -0.05) is 60.7 Å². The molecule has 1 saturated carbocycles. The molecule has 250 valence electrons. The third-order valence-corrected chi connectivity index (χ3v) is 9.47. The van der Waals surface area contributed by atoms with Gasteiger partial charge in [-0.15, -0.1) is 0 Å². The van der Waals surface area contributed by atoms with Gasteiger partial charge in [0.2, 0.25) is 5.91 Å². The summed E-state index contributed by atoms with van der Waals surface area (Å²) in [5, 5.41) is 31.3. The van der Waals surface area contributed by atoms with Crippen LogP contribution in [0, 0.1) is 5.92 Å². The number of rotatable bonds is 12. The predicted molar refractivity (Wildman–Crippen MR) is 178 cm³/mol. The van der Waals surface area contributed by atoms with E-state index in [4.69, 9.17) is 18.9 Å². The van der Waals surface area contributed by atoms with Gasteiger partial charge in [0.25, 0.3) is 5.91 Å². The van der Waals surface area contributed by atoms with Crippen molar-refractivity contribution in [2.45, 2.75) is 36.1 Å². The third kappa shape index (κ3) is 5.50. The van der Waals surface area contributed by atoms with Gasteiger partial charge >= 0.3 is 0 Å². The Bertz CT molecular complexity index is 1750. The van der Waals surface area contributed by atoms with Gasteiger partial charge < -0.3 is 39.8 Å². The van der Waals surface area contributed by atoms with Crippen molar-refractivity contribution in [3.8, 4) is 23.0 Å². The van der Waals surface area contributed by atoms with Gasteiger partial charge in [0.1, 0.15) is 34.7 Å². The van der Waals surface area contributed by atoms with Gasteiger partial charge in [-0.3, -0.25) is 9.59 Å². The second-order valence-electron chi connectivity index (χ2n) is 12.0. The van der Waals surface area contributed by atoms with Gasteiger partial charge in [0.05, 0.1) is 32.8 Å². The molecule has 4 aromatic carbocycles. The quantitative estimate of drug-likeness (QED) is 0.167. The van der Waals surface area contributed by atoms with E-state index in [0.717, 1.165) is 0 Å². The predicted octanol–water partition coefficient (Wildman–Crippen LogP) is 4.29. The molecule has 0 spiro atoms. The van der Waals surface area contributed by atoms with Crippen molar-refractivity contribution in [3.05, 3.63) is 119 Å². The Hall–Kier alpha value is -5.06. The fourth-order valence-electron chi connectivity index (χ4n) is 7.25. The molecule has 2 bridgehead atoms. The normalized spacial score (nSPS) is 23.7. The lowest BCUT2D eigenvalue weighted by molar-refractivity contribution is -0.162. The van der Waals surface area contributed by atoms with Crippen molar-refractivity contribution in [1.29, 1.82) is 0 Å². The van der Waals surface area contributed by atoms with E-state index < -0.39 is 35.0 Å². The van der Waals surface area contributed by atoms with Gasteiger partial charge in [0, 0.05) is 36.7 Å². The molecule has 1 unspecified atom stereocenters. The Morgan fingerprint density at radius 3 is 2.04 bits per heavy atom. The van der Waals surface area contributed by atoms with Crippen LogP contribution < -0.4 is 29.6 Å². The fraction of sp³-hybridized carbons (Fsp3) is 0.316. The summed E-state index contributed by atoms with van der Waals surface area (Å²) in [5.74, 6) is -1.19. The number of carbonyl (C=O) groups is 2. The number of amides is 2. The molecule has 2 amide bonds. The van der Waals surface area contributed by atoms with Crippen molar-refractivity contribution < 1.29 is 38.7 Å².